The van der Waals surface area contributed by atoms with E-state index in [-0.39, 0.29) is 12.4 Å². The van der Waals surface area contributed by atoms with Gasteiger partial charge in [0.15, 0.2) is 0 Å². The van der Waals surface area contributed by atoms with Gasteiger partial charge in [0, 0.05) is 10.0 Å². The van der Waals surface area contributed by atoms with Gasteiger partial charge in [0.1, 0.15) is 0 Å². The Morgan fingerprint density at radius 3 is 2.86 bits per heavy atom. The Hall–Kier alpha value is -2.75. The van der Waals surface area contributed by atoms with Gasteiger partial charge in [-0.3, -0.25) is 14.6 Å². The van der Waals surface area contributed by atoms with Gasteiger partial charge in [-0.25, -0.2) is 15.3 Å². The maximum Gasteiger partial charge on any atom is 0.342 e. The van der Waals surface area contributed by atoms with E-state index in [0.29, 0.717) is 0 Å². The molecule has 1 aromatic heterocycles. The van der Waals surface area contributed by atoms with Gasteiger partial charge in [0.25, 0.3) is 11.5 Å². The van der Waals surface area contributed by atoms with E-state index < -0.39 is 17.2 Å². The molecule has 9 nitrogen and oxygen atoms in total. The summed E-state index contributed by atoms with van der Waals surface area (Å²) < 4.78 is 0.843. The summed E-state index contributed by atoms with van der Waals surface area (Å²) in [5, 5.41) is 11.8. The first kappa shape index (κ1) is 15.6. The molecular weight excluding hydrogens is 356 g/mol. The summed E-state index contributed by atoms with van der Waals surface area (Å²) in [6, 6.07) is 7.36. The van der Waals surface area contributed by atoms with E-state index in [4.69, 9.17) is 0 Å². The van der Waals surface area contributed by atoms with Crippen molar-refractivity contribution < 1.29 is 4.79 Å². The SMILES string of the molecule is O=C(CNc1n[nH]c(=O)[nH]c1=O)N/N=C/c1ccccc1Br. The molecule has 10 heteroatoms. The Labute approximate surface area is 132 Å². The Bertz CT molecular complexity index is 813. The number of rotatable bonds is 5. The quantitative estimate of drug-likeness (QED) is 0.429. The van der Waals surface area contributed by atoms with Gasteiger partial charge in [0.05, 0.1) is 12.8 Å². The summed E-state index contributed by atoms with van der Waals surface area (Å²) in [4.78, 5) is 35.6. The predicted molar refractivity (Wildman–Crippen MR) is 83.8 cm³/mol. The highest BCUT2D eigenvalue weighted by atomic mass is 79.9. The van der Waals surface area contributed by atoms with Gasteiger partial charge in [-0.1, -0.05) is 34.1 Å². The third-order valence-corrected chi connectivity index (χ3v) is 3.15. The number of hydrazone groups is 1. The number of hydrogen-bond acceptors (Lipinski definition) is 6. The number of anilines is 1. The monoisotopic (exact) mass is 366 g/mol. The second-order valence-electron chi connectivity index (χ2n) is 4.02. The smallest absolute Gasteiger partial charge is 0.342 e. The number of benzene rings is 1. The van der Waals surface area contributed by atoms with E-state index in [1.54, 1.807) is 0 Å². The normalized spacial score (nSPS) is 10.6. The van der Waals surface area contributed by atoms with Crippen LogP contribution in [0.1, 0.15) is 5.56 Å². The van der Waals surface area contributed by atoms with Gasteiger partial charge in [-0.15, -0.1) is 5.10 Å². The second kappa shape index (κ2) is 7.31. The number of hydrogen-bond donors (Lipinski definition) is 4. The lowest BCUT2D eigenvalue weighted by Gasteiger charge is -2.02. The molecule has 0 radical (unpaired) electrons. The van der Waals surface area contributed by atoms with Crippen molar-refractivity contribution in [1.29, 1.82) is 0 Å². The van der Waals surface area contributed by atoms with Crippen molar-refractivity contribution in [3.05, 3.63) is 55.1 Å². The molecule has 0 fully saturated rings. The molecule has 0 saturated carbocycles. The molecule has 114 valence electrons. The van der Waals surface area contributed by atoms with E-state index in [1.807, 2.05) is 34.3 Å². The van der Waals surface area contributed by atoms with Gasteiger partial charge in [-0.2, -0.15) is 5.10 Å². The highest BCUT2D eigenvalue weighted by Gasteiger charge is 2.04. The van der Waals surface area contributed by atoms with Crippen molar-refractivity contribution in [2.45, 2.75) is 0 Å². The minimum atomic E-state index is -0.724. The van der Waals surface area contributed by atoms with Crippen LogP contribution in [0.4, 0.5) is 5.82 Å². The highest BCUT2D eigenvalue weighted by molar-refractivity contribution is 9.10. The number of amides is 1. The van der Waals surface area contributed by atoms with Crippen LogP contribution in [0.5, 0.6) is 0 Å². The fourth-order valence-corrected chi connectivity index (χ4v) is 1.81. The zero-order valence-electron chi connectivity index (χ0n) is 11.1. The first-order valence-corrected chi connectivity index (χ1v) is 6.85. The summed E-state index contributed by atoms with van der Waals surface area (Å²) in [7, 11) is 0. The number of nitrogens with zero attached hydrogens (tertiary/aromatic N) is 2. The molecule has 2 aromatic rings. The van der Waals surface area contributed by atoms with Crippen LogP contribution < -0.4 is 22.0 Å². The topological polar surface area (TPSA) is 132 Å². The third kappa shape index (κ3) is 4.38. The molecule has 0 atom stereocenters. The first-order chi connectivity index (χ1) is 10.6. The number of H-pyrrole nitrogens is 2. The number of nitrogens with one attached hydrogen (secondary N) is 4. The maximum atomic E-state index is 11.6. The van der Waals surface area contributed by atoms with E-state index in [0.717, 1.165) is 10.0 Å². The Morgan fingerprint density at radius 2 is 2.14 bits per heavy atom. The van der Waals surface area contributed by atoms with Crippen molar-refractivity contribution in [2.24, 2.45) is 5.10 Å². The van der Waals surface area contributed by atoms with Crippen molar-refractivity contribution in [1.82, 2.24) is 20.6 Å². The fourth-order valence-electron chi connectivity index (χ4n) is 1.42. The van der Waals surface area contributed by atoms with Gasteiger partial charge < -0.3 is 5.32 Å². The molecule has 0 saturated heterocycles. The van der Waals surface area contributed by atoms with Gasteiger partial charge in [-0.05, 0) is 6.07 Å². The minimum Gasteiger partial charge on any atom is -0.355 e. The van der Waals surface area contributed by atoms with Crippen LogP contribution in [0.2, 0.25) is 0 Å². The number of carbonyl (C=O) groups is 1. The molecule has 2 rings (SSSR count). The summed E-state index contributed by atoms with van der Waals surface area (Å²) in [5.41, 5.74) is 1.66. The molecule has 22 heavy (non-hydrogen) atoms. The zero-order valence-corrected chi connectivity index (χ0v) is 12.7. The largest absolute Gasteiger partial charge is 0.355 e. The van der Waals surface area contributed by atoms with Crippen molar-refractivity contribution >= 4 is 33.9 Å². The van der Waals surface area contributed by atoms with Crippen molar-refractivity contribution in [3.63, 3.8) is 0 Å². The predicted octanol–water partition coefficient (Wildman–Crippen LogP) is -0.217. The van der Waals surface area contributed by atoms with Crippen LogP contribution in [0.3, 0.4) is 0 Å². The number of halogens is 1. The fraction of sp³-hybridized carbons (Fsp3) is 0.0833. The third-order valence-electron chi connectivity index (χ3n) is 2.43. The first-order valence-electron chi connectivity index (χ1n) is 6.05. The molecule has 0 aliphatic carbocycles. The summed E-state index contributed by atoms with van der Waals surface area (Å²) in [6.07, 6.45) is 1.48. The number of aromatic nitrogens is 3. The lowest BCUT2D eigenvalue weighted by atomic mass is 10.2. The lowest BCUT2D eigenvalue weighted by molar-refractivity contribution is -0.119. The average molecular weight is 367 g/mol. The standard InChI is InChI=1S/C12H11BrN6O3/c13-8-4-2-1-3-7(8)5-15-17-9(20)6-14-10-11(21)16-12(22)19-18-10/h1-5H,6H2,(H,14,18)(H,17,20)(H2,16,19,21,22)/b15-5+. The van der Waals surface area contributed by atoms with Crippen LogP contribution in [-0.4, -0.2) is 33.8 Å². The molecule has 4 N–H and O–H groups in total. The van der Waals surface area contributed by atoms with E-state index in [9.17, 15) is 14.4 Å². The Kier molecular flexibility index (Phi) is 5.20. The minimum absolute atomic E-state index is 0.162. The van der Waals surface area contributed by atoms with Gasteiger partial charge in [0.2, 0.25) is 5.82 Å². The van der Waals surface area contributed by atoms with Crippen LogP contribution in [0.15, 0.2) is 43.4 Å². The van der Waals surface area contributed by atoms with Gasteiger partial charge >= 0.3 is 5.69 Å². The van der Waals surface area contributed by atoms with Crippen LogP contribution in [-0.2, 0) is 4.79 Å². The molecule has 0 unspecified atom stereocenters. The van der Waals surface area contributed by atoms with E-state index in [1.165, 1.54) is 6.21 Å². The summed E-state index contributed by atoms with van der Waals surface area (Å²) in [5.74, 6) is -0.639. The molecule has 1 aromatic carbocycles. The van der Waals surface area contributed by atoms with E-state index in [2.05, 4.69) is 36.9 Å². The van der Waals surface area contributed by atoms with E-state index >= 15 is 0 Å². The molecule has 1 amide bonds. The second-order valence-corrected chi connectivity index (χ2v) is 4.88. The van der Waals surface area contributed by atoms with Crippen molar-refractivity contribution in [2.75, 3.05) is 11.9 Å². The molecule has 0 spiro atoms. The Morgan fingerprint density at radius 1 is 1.36 bits per heavy atom. The molecule has 1 heterocycles. The Balaban J connectivity index is 1.87. The molecular formula is C12H11BrN6O3. The number of aromatic amines is 2. The van der Waals surface area contributed by atoms with Crippen molar-refractivity contribution in [3.8, 4) is 0 Å². The van der Waals surface area contributed by atoms with Crippen LogP contribution >= 0.6 is 15.9 Å². The summed E-state index contributed by atoms with van der Waals surface area (Å²) >= 11 is 3.35. The molecule has 0 aliphatic heterocycles. The van der Waals surface area contributed by atoms with Crippen LogP contribution in [0, 0.1) is 0 Å². The summed E-state index contributed by atoms with van der Waals surface area (Å²) in [6.45, 7) is -0.227. The zero-order chi connectivity index (χ0) is 15.9. The van der Waals surface area contributed by atoms with Crippen LogP contribution in [0.25, 0.3) is 0 Å². The maximum absolute atomic E-state index is 11.6. The molecule has 0 bridgehead atoms. The highest BCUT2D eigenvalue weighted by Crippen LogP contribution is 2.13. The lowest BCUT2D eigenvalue weighted by Crippen LogP contribution is -2.31. The number of carbonyl (C=O) groups excluding carboxylic acids is 1. The molecule has 0 aliphatic rings. The average Bonchev–Trinajstić information content (AvgIpc) is 2.48.